The van der Waals surface area contributed by atoms with Crippen LogP contribution in [0.3, 0.4) is 0 Å². The Hall–Kier alpha value is -1.13. The Kier molecular flexibility index (Phi) is 6.00. The topological polar surface area (TPSA) is 55.4 Å². The van der Waals surface area contributed by atoms with Gasteiger partial charge in [0.2, 0.25) is 5.91 Å². The first kappa shape index (κ1) is 14.9. The number of ether oxygens (including phenoxy) is 1. The van der Waals surface area contributed by atoms with E-state index in [1.54, 1.807) is 27.7 Å². The fraction of sp³-hybridized carbons (Fsp3) is 0.818. The van der Waals surface area contributed by atoms with Gasteiger partial charge in [-0.1, -0.05) is 6.92 Å². The van der Waals surface area contributed by atoms with E-state index in [-0.39, 0.29) is 18.9 Å². The number of carbonyl (C=O) groups excluding carboxylic acids is 2. The lowest BCUT2D eigenvalue weighted by Gasteiger charge is -2.20. The summed E-state index contributed by atoms with van der Waals surface area (Å²) in [6, 6.07) is 0. The molecular weight excluding hydrogens is 213 g/mol. The van der Waals surface area contributed by atoms with Gasteiger partial charge in [-0.2, -0.15) is 0 Å². The first-order chi connectivity index (χ1) is 7.26. The van der Waals surface area contributed by atoms with Gasteiger partial charge in [0.25, 0.3) is 0 Å². The summed E-state index contributed by atoms with van der Waals surface area (Å²) in [4.78, 5) is 22.7. The minimum Gasteiger partial charge on any atom is -0.460 e. The monoisotopic (exact) mass is 233 g/mol. The van der Waals surface area contributed by atoms with E-state index in [1.807, 2.05) is 0 Å². The van der Waals surface area contributed by atoms with Crippen LogP contribution in [-0.4, -0.2) is 30.7 Å². The van der Waals surface area contributed by atoms with Crippen molar-refractivity contribution in [2.24, 2.45) is 5.92 Å². The summed E-state index contributed by atoms with van der Waals surface area (Å²) in [7, 11) is 0. The van der Waals surface area contributed by atoms with Crippen LogP contribution in [0.25, 0.3) is 0 Å². The van der Waals surface area contributed by atoms with Crippen molar-refractivity contribution < 1.29 is 18.7 Å². The summed E-state index contributed by atoms with van der Waals surface area (Å²) < 4.78 is 16.9. The van der Waals surface area contributed by atoms with Crippen molar-refractivity contribution in [3.05, 3.63) is 0 Å². The molecule has 0 saturated carbocycles. The lowest BCUT2D eigenvalue weighted by atomic mass is 10.1. The summed E-state index contributed by atoms with van der Waals surface area (Å²) in [6.45, 7) is 6.27. The second-order valence-electron chi connectivity index (χ2n) is 4.67. The molecule has 16 heavy (non-hydrogen) atoms. The number of amides is 1. The molecule has 0 unspecified atom stereocenters. The molecule has 0 aromatic carbocycles. The standard InChI is InChI=1S/C11H20FNO3/c1-8(10(15)13-6-5-12)7-9(14)16-11(2,3)4/h8H,5-7H2,1-4H3,(H,13,15)/t8-/m0/s1. The van der Waals surface area contributed by atoms with Gasteiger partial charge >= 0.3 is 5.97 Å². The molecule has 0 aliphatic rings. The van der Waals surface area contributed by atoms with Crippen LogP contribution in [0.4, 0.5) is 4.39 Å². The van der Waals surface area contributed by atoms with E-state index in [2.05, 4.69) is 5.32 Å². The van der Waals surface area contributed by atoms with E-state index in [4.69, 9.17) is 4.74 Å². The predicted octanol–water partition coefficient (Wildman–Crippen LogP) is 1.44. The highest BCUT2D eigenvalue weighted by atomic mass is 19.1. The maximum Gasteiger partial charge on any atom is 0.307 e. The highest BCUT2D eigenvalue weighted by Crippen LogP contribution is 2.11. The van der Waals surface area contributed by atoms with E-state index in [1.165, 1.54) is 0 Å². The SMILES string of the molecule is C[C@@H](CC(=O)OC(C)(C)C)C(=O)NCCF. The molecule has 0 aromatic heterocycles. The fourth-order valence-electron chi connectivity index (χ4n) is 1.07. The third-order valence-electron chi connectivity index (χ3n) is 1.73. The van der Waals surface area contributed by atoms with Crippen molar-refractivity contribution >= 4 is 11.9 Å². The lowest BCUT2D eigenvalue weighted by molar-refractivity contribution is -0.157. The molecule has 0 aliphatic heterocycles. The second kappa shape index (κ2) is 6.45. The average molecular weight is 233 g/mol. The van der Waals surface area contributed by atoms with Gasteiger partial charge in [0.05, 0.1) is 6.42 Å². The molecule has 0 spiro atoms. The largest absolute Gasteiger partial charge is 0.460 e. The maximum atomic E-state index is 11.8. The molecule has 94 valence electrons. The Bertz CT molecular complexity index is 248. The molecule has 1 amide bonds. The van der Waals surface area contributed by atoms with Gasteiger partial charge in [-0.3, -0.25) is 9.59 Å². The zero-order chi connectivity index (χ0) is 12.8. The maximum absolute atomic E-state index is 11.8. The fourth-order valence-corrected chi connectivity index (χ4v) is 1.07. The zero-order valence-electron chi connectivity index (χ0n) is 10.3. The Labute approximate surface area is 95.5 Å². The molecule has 0 saturated heterocycles. The van der Waals surface area contributed by atoms with Crippen LogP contribution in [0.1, 0.15) is 34.1 Å². The van der Waals surface area contributed by atoms with Crippen molar-refractivity contribution in [3.8, 4) is 0 Å². The Balaban J connectivity index is 3.99. The number of esters is 1. The Morgan fingerprint density at radius 2 is 1.94 bits per heavy atom. The van der Waals surface area contributed by atoms with Gasteiger partial charge in [0.15, 0.2) is 0 Å². The number of hydrogen-bond donors (Lipinski definition) is 1. The number of nitrogens with one attached hydrogen (secondary N) is 1. The van der Waals surface area contributed by atoms with Crippen LogP contribution >= 0.6 is 0 Å². The van der Waals surface area contributed by atoms with E-state index in [0.29, 0.717) is 0 Å². The molecule has 0 rings (SSSR count). The smallest absolute Gasteiger partial charge is 0.307 e. The van der Waals surface area contributed by atoms with Gasteiger partial charge < -0.3 is 10.1 Å². The third-order valence-corrected chi connectivity index (χ3v) is 1.73. The van der Waals surface area contributed by atoms with Crippen LogP contribution in [0.2, 0.25) is 0 Å². The Morgan fingerprint density at radius 3 is 2.38 bits per heavy atom. The third kappa shape index (κ3) is 7.20. The number of carbonyl (C=O) groups is 2. The molecule has 0 bridgehead atoms. The highest BCUT2D eigenvalue weighted by molar-refractivity contribution is 5.83. The molecule has 0 radical (unpaired) electrons. The van der Waals surface area contributed by atoms with E-state index in [0.717, 1.165) is 0 Å². The van der Waals surface area contributed by atoms with Crippen LogP contribution < -0.4 is 5.32 Å². The molecule has 5 heteroatoms. The van der Waals surface area contributed by atoms with Gasteiger partial charge in [0.1, 0.15) is 12.3 Å². The molecular formula is C11H20FNO3. The summed E-state index contributed by atoms with van der Waals surface area (Å²) in [5.41, 5.74) is -0.549. The van der Waals surface area contributed by atoms with Gasteiger partial charge in [0, 0.05) is 12.5 Å². The van der Waals surface area contributed by atoms with Crippen molar-refractivity contribution in [1.82, 2.24) is 5.32 Å². The number of rotatable bonds is 5. The number of hydrogen-bond acceptors (Lipinski definition) is 3. The van der Waals surface area contributed by atoms with Crippen LogP contribution in [0.5, 0.6) is 0 Å². The summed E-state index contributed by atoms with van der Waals surface area (Å²) >= 11 is 0. The zero-order valence-corrected chi connectivity index (χ0v) is 10.3. The first-order valence-electron chi connectivity index (χ1n) is 5.32. The van der Waals surface area contributed by atoms with Crippen LogP contribution in [0, 0.1) is 5.92 Å². The van der Waals surface area contributed by atoms with Gasteiger partial charge in [-0.15, -0.1) is 0 Å². The van der Waals surface area contributed by atoms with Crippen LogP contribution in [-0.2, 0) is 14.3 Å². The van der Waals surface area contributed by atoms with E-state index >= 15 is 0 Å². The van der Waals surface area contributed by atoms with Crippen molar-refractivity contribution in [2.45, 2.75) is 39.7 Å². The Morgan fingerprint density at radius 1 is 1.38 bits per heavy atom. The van der Waals surface area contributed by atoms with Crippen molar-refractivity contribution in [3.63, 3.8) is 0 Å². The first-order valence-corrected chi connectivity index (χ1v) is 5.32. The molecule has 1 N–H and O–H groups in total. The minimum atomic E-state index is -0.606. The van der Waals surface area contributed by atoms with Crippen molar-refractivity contribution in [2.75, 3.05) is 13.2 Å². The number of alkyl halides is 1. The predicted molar refractivity (Wildman–Crippen MR) is 58.6 cm³/mol. The van der Waals surface area contributed by atoms with E-state index < -0.39 is 24.2 Å². The molecule has 0 heterocycles. The minimum absolute atomic E-state index is 0.00931. The van der Waals surface area contributed by atoms with Crippen LogP contribution in [0.15, 0.2) is 0 Å². The van der Waals surface area contributed by atoms with Gasteiger partial charge in [-0.25, -0.2) is 4.39 Å². The molecule has 4 nitrogen and oxygen atoms in total. The molecule has 0 fully saturated rings. The summed E-state index contributed by atoms with van der Waals surface area (Å²) in [6.07, 6.45) is 0.00931. The average Bonchev–Trinajstić information content (AvgIpc) is 2.10. The van der Waals surface area contributed by atoms with Crippen molar-refractivity contribution in [1.29, 1.82) is 0 Å². The molecule has 1 atom stereocenters. The van der Waals surface area contributed by atoms with Gasteiger partial charge in [-0.05, 0) is 20.8 Å². The van der Waals surface area contributed by atoms with E-state index in [9.17, 15) is 14.0 Å². The molecule has 0 aliphatic carbocycles. The highest BCUT2D eigenvalue weighted by Gasteiger charge is 2.21. The quantitative estimate of drug-likeness (QED) is 0.731. The number of halogens is 1. The lowest BCUT2D eigenvalue weighted by Crippen LogP contribution is -2.33. The second-order valence-corrected chi connectivity index (χ2v) is 4.67. The molecule has 0 aromatic rings. The summed E-state index contributed by atoms with van der Waals surface area (Å²) in [5.74, 6) is -1.25. The summed E-state index contributed by atoms with van der Waals surface area (Å²) in [5, 5.41) is 2.38. The normalized spacial score (nSPS) is 13.1.